The van der Waals surface area contributed by atoms with E-state index in [0.717, 1.165) is 13.5 Å². The summed E-state index contributed by atoms with van der Waals surface area (Å²) < 4.78 is 4.61. The van der Waals surface area contributed by atoms with Gasteiger partial charge in [0, 0.05) is 6.92 Å². The van der Waals surface area contributed by atoms with E-state index in [-0.39, 0.29) is 12.7 Å². The molecule has 4 heteroatoms. The number of hydrogen-bond acceptors (Lipinski definition) is 3. The topological polar surface area (TPSA) is 70.1 Å². The zero-order valence-electron chi connectivity index (χ0n) is 5.20. The summed E-state index contributed by atoms with van der Waals surface area (Å²) >= 11 is 0. The van der Waals surface area contributed by atoms with Crippen LogP contribution in [0.25, 0.3) is 0 Å². The maximum absolute atomic E-state index is 9.00. The molecule has 0 saturated carbocycles. The van der Waals surface area contributed by atoms with E-state index in [1.807, 2.05) is 0 Å². The quantitative estimate of drug-likeness (QED) is 0.473. The van der Waals surface area contributed by atoms with Crippen molar-refractivity contribution in [3.63, 3.8) is 0 Å². The van der Waals surface area contributed by atoms with Crippen molar-refractivity contribution >= 4 is 5.97 Å². The van der Waals surface area contributed by atoms with Crippen molar-refractivity contribution < 1.29 is 19.7 Å². The lowest BCUT2D eigenvalue weighted by Gasteiger charge is -1.70. The summed E-state index contributed by atoms with van der Waals surface area (Å²) in [6, 6.07) is 0. The number of ether oxygens (including phenoxy) is 1. The summed E-state index contributed by atoms with van der Waals surface area (Å²) in [5.41, 5.74) is 0. The first-order valence-electron chi connectivity index (χ1n) is 2.58. The summed E-state index contributed by atoms with van der Waals surface area (Å²) in [7, 11) is 0. The minimum absolute atomic E-state index is 0.190. The number of carboxylic acids is 1. The van der Waals surface area contributed by atoms with Gasteiger partial charge in [0.15, 0.2) is 0 Å². The molecule has 1 rings (SSSR count). The number of epoxide rings is 1. The molecule has 1 heterocycles. The Kier molecular flexibility index (Phi) is 4.00. The second-order valence-electron chi connectivity index (χ2n) is 1.66. The molecule has 1 saturated heterocycles. The fraction of sp³-hybridized carbons (Fsp3) is 0.800. The zero-order valence-corrected chi connectivity index (χ0v) is 5.20. The third-order valence-corrected chi connectivity index (χ3v) is 0.606. The number of carboxylic acid groups (broad SMARTS) is 1. The molecular formula is C5H10O4. The number of carbonyl (C=O) groups is 1. The standard InChI is InChI=1S/C3H6O2.C2H4O2/c4-1-3-2-5-3;1-2(3)4/h3-4H,1-2H2;1H3,(H,3,4)/t3-;/m1./s1. The van der Waals surface area contributed by atoms with Gasteiger partial charge in [-0.3, -0.25) is 4.79 Å². The molecule has 1 aliphatic rings. The summed E-state index contributed by atoms with van der Waals surface area (Å²) in [4.78, 5) is 9.00. The molecule has 1 fully saturated rings. The van der Waals surface area contributed by atoms with Crippen LogP contribution in [0.2, 0.25) is 0 Å². The molecule has 0 spiro atoms. The van der Waals surface area contributed by atoms with Crippen molar-refractivity contribution in [2.75, 3.05) is 13.2 Å². The van der Waals surface area contributed by atoms with E-state index < -0.39 is 5.97 Å². The third-order valence-electron chi connectivity index (χ3n) is 0.606. The van der Waals surface area contributed by atoms with Crippen LogP contribution in [0.4, 0.5) is 0 Å². The van der Waals surface area contributed by atoms with Crippen LogP contribution in [0.3, 0.4) is 0 Å². The van der Waals surface area contributed by atoms with Crippen LogP contribution in [-0.2, 0) is 9.53 Å². The van der Waals surface area contributed by atoms with Crippen molar-refractivity contribution in [1.29, 1.82) is 0 Å². The molecule has 0 aromatic rings. The number of aliphatic carboxylic acids is 1. The normalized spacial score (nSPS) is 21.8. The first-order chi connectivity index (χ1) is 4.16. The molecule has 0 aromatic heterocycles. The van der Waals surface area contributed by atoms with Gasteiger partial charge in [-0.2, -0.15) is 0 Å². The first-order valence-corrected chi connectivity index (χ1v) is 2.58. The molecule has 4 nitrogen and oxygen atoms in total. The molecule has 1 aliphatic heterocycles. The van der Waals surface area contributed by atoms with Crippen LogP contribution >= 0.6 is 0 Å². The lowest BCUT2D eigenvalue weighted by Crippen LogP contribution is -1.88. The highest BCUT2D eigenvalue weighted by molar-refractivity contribution is 5.62. The van der Waals surface area contributed by atoms with Crippen LogP contribution in [0.5, 0.6) is 0 Å². The Morgan fingerprint density at radius 1 is 1.89 bits per heavy atom. The van der Waals surface area contributed by atoms with Gasteiger partial charge >= 0.3 is 0 Å². The maximum Gasteiger partial charge on any atom is 0.300 e. The number of hydrogen-bond donors (Lipinski definition) is 2. The smallest absolute Gasteiger partial charge is 0.300 e. The van der Waals surface area contributed by atoms with Gasteiger partial charge in [-0.1, -0.05) is 0 Å². The molecular weight excluding hydrogens is 124 g/mol. The Morgan fingerprint density at radius 2 is 2.22 bits per heavy atom. The molecule has 0 radical (unpaired) electrons. The Hall–Kier alpha value is -0.610. The Balaban J connectivity index is 0.000000148. The molecule has 0 bridgehead atoms. The van der Waals surface area contributed by atoms with Gasteiger partial charge in [0.2, 0.25) is 0 Å². The van der Waals surface area contributed by atoms with Gasteiger partial charge in [0.05, 0.1) is 13.2 Å². The van der Waals surface area contributed by atoms with Crippen LogP contribution in [0.15, 0.2) is 0 Å². The van der Waals surface area contributed by atoms with Crippen LogP contribution in [-0.4, -0.2) is 35.5 Å². The highest BCUT2D eigenvalue weighted by Gasteiger charge is 2.19. The minimum atomic E-state index is -0.833. The van der Waals surface area contributed by atoms with E-state index in [1.165, 1.54) is 0 Å². The second kappa shape index (κ2) is 4.29. The van der Waals surface area contributed by atoms with Gasteiger partial charge in [0.1, 0.15) is 6.10 Å². The molecule has 0 aromatic carbocycles. The van der Waals surface area contributed by atoms with Gasteiger partial charge in [-0.25, -0.2) is 0 Å². The highest BCUT2D eigenvalue weighted by Crippen LogP contribution is 2.04. The van der Waals surface area contributed by atoms with Crippen molar-refractivity contribution in [1.82, 2.24) is 0 Å². The van der Waals surface area contributed by atoms with E-state index in [2.05, 4.69) is 4.74 Å². The van der Waals surface area contributed by atoms with E-state index in [9.17, 15) is 0 Å². The average molecular weight is 134 g/mol. The summed E-state index contributed by atoms with van der Waals surface area (Å²) in [6.45, 7) is 2.04. The Morgan fingerprint density at radius 3 is 2.22 bits per heavy atom. The van der Waals surface area contributed by atoms with Crippen LogP contribution in [0.1, 0.15) is 6.92 Å². The average Bonchev–Trinajstić information content (AvgIpc) is 2.43. The van der Waals surface area contributed by atoms with Crippen molar-refractivity contribution in [3.8, 4) is 0 Å². The minimum Gasteiger partial charge on any atom is -0.481 e. The Labute approximate surface area is 53.1 Å². The maximum atomic E-state index is 9.00. The first kappa shape index (κ1) is 8.39. The molecule has 2 N–H and O–H groups in total. The predicted octanol–water partition coefficient (Wildman–Crippen LogP) is -0.532. The van der Waals surface area contributed by atoms with E-state index in [4.69, 9.17) is 15.0 Å². The number of aliphatic hydroxyl groups is 1. The largest absolute Gasteiger partial charge is 0.481 e. The monoisotopic (exact) mass is 134 g/mol. The van der Waals surface area contributed by atoms with Gasteiger partial charge < -0.3 is 14.9 Å². The molecule has 0 aliphatic carbocycles. The van der Waals surface area contributed by atoms with E-state index >= 15 is 0 Å². The van der Waals surface area contributed by atoms with Crippen LogP contribution in [0, 0.1) is 0 Å². The zero-order chi connectivity index (χ0) is 7.28. The van der Waals surface area contributed by atoms with Gasteiger partial charge in [-0.15, -0.1) is 0 Å². The lowest BCUT2D eigenvalue weighted by atomic mass is 10.5. The van der Waals surface area contributed by atoms with Gasteiger partial charge in [-0.05, 0) is 0 Å². The highest BCUT2D eigenvalue weighted by atomic mass is 16.6. The molecule has 54 valence electrons. The van der Waals surface area contributed by atoms with Gasteiger partial charge in [0.25, 0.3) is 5.97 Å². The van der Waals surface area contributed by atoms with E-state index in [1.54, 1.807) is 0 Å². The molecule has 0 unspecified atom stereocenters. The molecule has 9 heavy (non-hydrogen) atoms. The van der Waals surface area contributed by atoms with E-state index in [0.29, 0.717) is 0 Å². The van der Waals surface area contributed by atoms with Crippen LogP contribution < -0.4 is 0 Å². The van der Waals surface area contributed by atoms with Crippen molar-refractivity contribution in [2.45, 2.75) is 13.0 Å². The second-order valence-corrected chi connectivity index (χ2v) is 1.66. The molecule has 1 atom stereocenters. The third kappa shape index (κ3) is 11.1. The molecule has 0 amide bonds. The predicted molar refractivity (Wildman–Crippen MR) is 30.1 cm³/mol. The Bertz CT molecular complexity index is 83.0. The summed E-state index contributed by atoms with van der Waals surface area (Å²) in [5.74, 6) is -0.833. The number of aliphatic hydroxyl groups excluding tert-OH is 1. The fourth-order valence-electron chi connectivity index (χ4n) is 0.173. The van der Waals surface area contributed by atoms with Crippen molar-refractivity contribution in [2.24, 2.45) is 0 Å². The SMILES string of the molecule is CC(=O)O.OC[C@@H]1CO1. The van der Waals surface area contributed by atoms with Crippen molar-refractivity contribution in [3.05, 3.63) is 0 Å². The fourth-order valence-corrected chi connectivity index (χ4v) is 0.173. The summed E-state index contributed by atoms with van der Waals surface area (Å²) in [6.07, 6.45) is 0.190. The lowest BCUT2D eigenvalue weighted by molar-refractivity contribution is -0.134. The summed E-state index contributed by atoms with van der Waals surface area (Å²) in [5, 5.41) is 15.5. The number of rotatable bonds is 1.